The third-order valence-electron chi connectivity index (χ3n) is 4.38. The van der Waals surface area contributed by atoms with Gasteiger partial charge in [-0.1, -0.05) is 12.1 Å². The average molecular weight is 444 g/mol. The zero-order chi connectivity index (χ0) is 21.7. The molecule has 2 N–H and O–H groups in total. The van der Waals surface area contributed by atoms with Gasteiger partial charge in [0.25, 0.3) is 0 Å². The van der Waals surface area contributed by atoms with Crippen LogP contribution in [0.15, 0.2) is 30.3 Å². The van der Waals surface area contributed by atoms with Gasteiger partial charge in [-0.3, -0.25) is 9.59 Å². The van der Waals surface area contributed by atoms with Crippen LogP contribution in [-0.2, 0) is 16.1 Å². The molecule has 0 unspecified atom stereocenters. The topological polar surface area (TPSA) is 80.3 Å². The van der Waals surface area contributed by atoms with Crippen molar-refractivity contribution < 1.29 is 14.3 Å². The molecule has 2 heterocycles. The zero-order valence-corrected chi connectivity index (χ0v) is 19.1. The number of carbonyl (C=O) groups excluding carboxylic acids is 2. The van der Waals surface area contributed by atoms with Crippen LogP contribution in [-0.4, -0.2) is 23.4 Å². The molecule has 0 radical (unpaired) electrons. The number of benzene rings is 1. The second kappa shape index (κ2) is 9.86. The molecule has 158 valence electrons. The van der Waals surface area contributed by atoms with Gasteiger partial charge in [0.15, 0.2) is 5.13 Å². The summed E-state index contributed by atoms with van der Waals surface area (Å²) in [4.78, 5) is 31.1. The standard InChI is InChI=1S/C22H25N3O3S2/c1-13-5-6-14(2)18(11-13)28-10-9-20(27)24-22-25-21(15(3)29-22)19-8-7-17(30-19)12-23-16(4)26/h5-8,11H,9-10,12H2,1-4H3,(H,23,26)(H,24,25,27). The van der Waals surface area contributed by atoms with Gasteiger partial charge in [0, 0.05) is 16.7 Å². The maximum absolute atomic E-state index is 12.3. The number of anilines is 1. The average Bonchev–Trinajstić information content (AvgIpc) is 3.29. The molecule has 0 aliphatic carbocycles. The summed E-state index contributed by atoms with van der Waals surface area (Å²) < 4.78 is 5.76. The van der Waals surface area contributed by atoms with Gasteiger partial charge in [-0.2, -0.15) is 0 Å². The van der Waals surface area contributed by atoms with E-state index >= 15 is 0 Å². The predicted octanol–water partition coefficient (Wildman–Crippen LogP) is 4.84. The summed E-state index contributed by atoms with van der Waals surface area (Å²) in [5.41, 5.74) is 3.04. The lowest BCUT2D eigenvalue weighted by atomic mass is 10.1. The van der Waals surface area contributed by atoms with Crippen LogP contribution in [0, 0.1) is 20.8 Å². The molecular weight excluding hydrogens is 418 g/mol. The summed E-state index contributed by atoms with van der Waals surface area (Å²) in [5, 5.41) is 6.24. The van der Waals surface area contributed by atoms with Crippen molar-refractivity contribution in [3.05, 3.63) is 51.2 Å². The van der Waals surface area contributed by atoms with E-state index in [1.807, 2.05) is 51.1 Å². The Bertz CT molecular complexity index is 1060. The largest absolute Gasteiger partial charge is 0.493 e. The maximum atomic E-state index is 12.3. The number of amides is 2. The van der Waals surface area contributed by atoms with Gasteiger partial charge in [0.05, 0.1) is 30.1 Å². The molecule has 2 amide bonds. The van der Waals surface area contributed by atoms with Crippen molar-refractivity contribution in [2.75, 3.05) is 11.9 Å². The Morgan fingerprint density at radius 2 is 1.90 bits per heavy atom. The first kappa shape index (κ1) is 22.0. The van der Waals surface area contributed by atoms with Crippen LogP contribution in [0.25, 0.3) is 10.6 Å². The van der Waals surface area contributed by atoms with Crippen molar-refractivity contribution in [3.8, 4) is 16.3 Å². The highest BCUT2D eigenvalue weighted by Gasteiger charge is 2.14. The molecule has 0 spiro atoms. The van der Waals surface area contributed by atoms with E-state index in [0.717, 1.165) is 37.2 Å². The van der Waals surface area contributed by atoms with Crippen LogP contribution in [0.2, 0.25) is 0 Å². The van der Waals surface area contributed by atoms with E-state index in [4.69, 9.17) is 4.74 Å². The molecule has 1 aromatic carbocycles. The molecule has 0 aliphatic heterocycles. The first-order valence-corrected chi connectivity index (χ1v) is 11.3. The number of nitrogens with zero attached hydrogens (tertiary/aromatic N) is 1. The molecule has 0 saturated carbocycles. The fraction of sp³-hybridized carbons (Fsp3) is 0.318. The molecule has 8 heteroatoms. The fourth-order valence-corrected chi connectivity index (χ4v) is 4.69. The first-order chi connectivity index (χ1) is 14.3. The number of rotatable bonds is 8. The van der Waals surface area contributed by atoms with E-state index in [-0.39, 0.29) is 18.2 Å². The van der Waals surface area contributed by atoms with Crippen molar-refractivity contribution in [1.29, 1.82) is 0 Å². The lowest BCUT2D eigenvalue weighted by Crippen LogP contribution is -2.17. The summed E-state index contributed by atoms with van der Waals surface area (Å²) in [7, 11) is 0. The molecule has 2 aromatic heterocycles. The molecule has 0 saturated heterocycles. The molecule has 0 aliphatic rings. The Morgan fingerprint density at radius 3 is 2.67 bits per heavy atom. The van der Waals surface area contributed by atoms with Gasteiger partial charge in [0.2, 0.25) is 11.8 Å². The van der Waals surface area contributed by atoms with Crippen molar-refractivity contribution >= 4 is 39.6 Å². The highest BCUT2D eigenvalue weighted by Crippen LogP contribution is 2.34. The van der Waals surface area contributed by atoms with Gasteiger partial charge in [-0.15, -0.1) is 22.7 Å². The Morgan fingerprint density at radius 1 is 1.10 bits per heavy atom. The normalized spacial score (nSPS) is 10.7. The van der Waals surface area contributed by atoms with Gasteiger partial charge in [-0.25, -0.2) is 4.98 Å². The van der Waals surface area contributed by atoms with E-state index in [2.05, 4.69) is 15.6 Å². The van der Waals surface area contributed by atoms with Crippen LogP contribution in [0.3, 0.4) is 0 Å². The van der Waals surface area contributed by atoms with E-state index in [1.54, 1.807) is 11.3 Å². The fourth-order valence-electron chi connectivity index (χ4n) is 2.79. The number of ether oxygens (including phenoxy) is 1. The maximum Gasteiger partial charge on any atom is 0.229 e. The Balaban J connectivity index is 1.55. The Hall–Kier alpha value is -2.71. The first-order valence-electron chi connectivity index (χ1n) is 9.62. The van der Waals surface area contributed by atoms with E-state index in [1.165, 1.54) is 18.3 Å². The molecule has 6 nitrogen and oxygen atoms in total. The Labute approximate surface area is 184 Å². The quantitative estimate of drug-likeness (QED) is 0.522. The number of hydrogen-bond acceptors (Lipinski definition) is 6. The molecule has 0 atom stereocenters. The SMILES string of the molecule is CC(=O)NCc1ccc(-c2nc(NC(=O)CCOc3cc(C)ccc3C)sc2C)s1. The smallest absolute Gasteiger partial charge is 0.229 e. The van der Waals surface area contributed by atoms with Gasteiger partial charge in [0.1, 0.15) is 5.75 Å². The van der Waals surface area contributed by atoms with E-state index < -0.39 is 0 Å². The summed E-state index contributed by atoms with van der Waals surface area (Å²) in [6.07, 6.45) is 0.251. The predicted molar refractivity (Wildman–Crippen MR) is 122 cm³/mol. The molecule has 30 heavy (non-hydrogen) atoms. The minimum atomic E-state index is -0.127. The van der Waals surface area contributed by atoms with Crippen molar-refractivity contribution in [1.82, 2.24) is 10.3 Å². The monoisotopic (exact) mass is 443 g/mol. The summed E-state index contributed by atoms with van der Waals surface area (Å²) >= 11 is 3.04. The van der Waals surface area contributed by atoms with Gasteiger partial charge < -0.3 is 15.4 Å². The third-order valence-corrected chi connectivity index (χ3v) is 6.36. The number of hydrogen-bond donors (Lipinski definition) is 2. The highest BCUT2D eigenvalue weighted by molar-refractivity contribution is 7.18. The van der Waals surface area contributed by atoms with Gasteiger partial charge in [-0.05, 0) is 50.1 Å². The van der Waals surface area contributed by atoms with Crippen LogP contribution in [0.1, 0.15) is 34.2 Å². The second-order valence-electron chi connectivity index (χ2n) is 7.02. The molecule has 0 bridgehead atoms. The highest BCUT2D eigenvalue weighted by atomic mass is 32.1. The zero-order valence-electron chi connectivity index (χ0n) is 17.5. The number of nitrogens with one attached hydrogen (secondary N) is 2. The molecule has 0 fully saturated rings. The lowest BCUT2D eigenvalue weighted by Gasteiger charge is -2.09. The van der Waals surface area contributed by atoms with E-state index in [0.29, 0.717) is 18.3 Å². The van der Waals surface area contributed by atoms with Crippen LogP contribution in [0.4, 0.5) is 5.13 Å². The van der Waals surface area contributed by atoms with Crippen LogP contribution >= 0.6 is 22.7 Å². The number of aryl methyl sites for hydroxylation is 3. The number of carbonyl (C=O) groups is 2. The minimum absolute atomic E-state index is 0.0543. The summed E-state index contributed by atoms with van der Waals surface area (Å²) in [5.74, 6) is 0.627. The van der Waals surface area contributed by atoms with Crippen LogP contribution < -0.4 is 15.4 Å². The van der Waals surface area contributed by atoms with Crippen molar-refractivity contribution in [2.24, 2.45) is 0 Å². The lowest BCUT2D eigenvalue weighted by molar-refractivity contribution is -0.119. The number of thiophene rings is 1. The summed E-state index contributed by atoms with van der Waals surface area (Å²) in [6.45, 7) is 8.30. The van der Waals surface area contributed by atoms with Gasteiger partial charge >= 0.3 is 0 Å². The van der Waals surface area contributed by atoms with Crippen molar-refractivity contribution in [3.63, 3.8) is 0 Å². The third kappa shape index (κ3) is 5.90. The van der Waals surface area contributed by atoms with E-state index in [9.17, 15) is 9.59 Å². The second-order valence-corrected chi connectivity index (χ2v) is 9.39. The van der Waals surface area contributed by atoms with Crippen molar-refractivity contribution in [2.45, 2.75) is 40.7 Å². The van der Waals surface area contributed by atoms with Crippen LogP contribution in [0.5, 0.6) is 5.75 Å². The molecule has 3 rings (SSSR count). The summed E-state index contributed by atoms with van der Waals surface area (Å²) in [6, 6.07) is 10.0. The Kier molecular flexibility index (Phi) is 7.23. The molecule has 3 aromatic rings. The minimum Gasteiger partial charge on any atom is -0.493 e. The number of thiazole rings is 1. The number of aromatic nitrogens is 1. The molecular formula is C22H25N3O3S2.